The summed E-state index contributed by atoms with van der Waals surface area (Å²) in [6.45, 7) is 1.24. The minimum atomic E-state index is -0.975. The van der Waals surface area contributed by atoms with Gasteiger partial charge in [-0.1, -0.05) is 0 Å². The van der Waals surface area contributed by atoms with Crippen molar-refractivity contribution in [3.8, 4) is 0 Å². The number of hydrogen-bond acceptors (Lipinski definition) is 6. The zero-order valence-corrected chi connectivity index (χ0v) is 12.2. The molecule has 1 aromatic rings. The van der Waals surface area contributed by atoms with E-state index in [1.807, 2.05) is 0 Å². The van der Waals surface area contributed by atoms with Gasteiger partial charge in [0.15, 0.2) is 5.79 Å². The average molecular weight is 298 g/mol. The average Bonchev–Trinajstić information content (AvgIpc) is 3.12. The van der Waals surface area contributed by atoms with E-state index in [0.717, 1.165) is 0 Å². The van der Waals surface area contributed by atoms with Crippen LogP contribution in [0.4, 0.5) is 0 Å². The number of nitrogens with zero attached hydrogens (tertiary/aromatic N) is 1. The number of rotatable bonds is 2. The lowest BCUT2D eigenvalue weighted by Crippen LogP contribution is -2.42. The predicted octanol–water partition coefficient (Wildman–Crippen LogP) is 1.01. The van der Waals surface area contributed by atoms with Crippen molar-refractivity contribution in [2.45, 2.75) is 37.1 Å². The largest absolute Gasteiger partial charge is 0.383 e. The van der Waals surface area contributed by atoms with Crippen molar-refractivity contribution in [3.05, 3.63) is 16.1 Å². The number of aliphatic hydroxyl groups is 1. The van der Waals surface area contributed by atoms with Gasteiger partial charge >= 0.3 is 0 Å². The van der Waals surface area contributed by atoms with Gasteiger partial charge in [0.2, 0.25) is 0 Å². The fourth-order valence-electron chi connectivity index (χ4n) is 2.76. The molecule has 2 aliphatic rings. The summed E-state index contributed by atoms with van der Waals surface area (Å²) in [6.07, 6.45) is 3.89. The molecule has 1 aliphatic carbocycles. The molecule has 2 fully saturated rings. The lowest BCUT2D eigenvalue weighted by atomic mass is 9.82. The highest BCUT2D eigenvalue weighted by molar-refractivity contribution is 7.13. The molecule has 0 radical (unpaired) electrons. The van der Waals surface area contributed by atoms with Gasteiger partial charge in [0.1, 0.15) is 15.5 Å². The molecule has 1 saturated heterocycles. The number of hydrogen-bond donors (Lipinski definition) is 2. The Labute approximate surface area is 121 Å². The van der Waals surface area contributed by atoms with E-state index in [-0.39, 0.29) is 5.91 Å². The molecule has 6 nitrogen and oxygen atoms in total. The first-order valence-electron chi connectivity index (χ1n) is 6.76. The monoisotopic (exact) mass is 298 g/mol. The number of ether oxygens (including phenoxy) is 2. The molecule has 1 amide bonds. The van der Waals surface area contributed by atoms with Crippen LogP contribution in [0.25, 0.3) is 0 Å². The first kappa shape index (κ1) is 13.9. The summed E-state index contributed by atoms with van der Waals surface area (Å²) in [5, 5.41) is 13.9. The van der Waals surface area contributed by atoms with Gasteiger partial charge < -0.3 is 19.9 Å². The number of nitrogens with one attached hydrogen (secondary N) is 1. The molecule has 1 aliphatic heterocycles. The first-order chi connectivity index (χ1) is 9.57. The van der Waals surface area contributed by atoms with Crippen LogP contribution in [0.2, 0.25) is 0 Å². The van der Waals surface area contributed by atoms with Crippen LogP contribution in [-0.2, 0) is 15.1 Å². The zero-order chi connectivity index (χ0) is 14.2. The van der Waals surface area contributed by atoms with Gasteiger partial charge in [0, 0.05) is 19.9 Å². The minimum Gasteiger partial charge on any atom is -0.383 e. The van der Waals surface area contributed by atoms with E-state index in [1.54, 1.807) is 7.05 Å². The van der Waals surface area contributed by atoms with Crippen molar-refractivity contribution in [2.24, 2.45) is 0 Å². The molecule has 1 spiro atoms. The van der Waals surface area contributed by atoms with Crippen LogP contribution in [0, 0.1) is 0 Å². The van der Waals surface area contributed by atoms with Crippen molar-refractivity contribution < 1.29 is 19.4 Å². The Morgan fingerprint density at radius 2 is 2.00 bits per heavy atom. The third-order valence-corrected chi connectivity index (χ3v) is 5.20. The Kier molecular flexibility index (Phi) is 3.53. The van der Waals surface area contributed by atoms with Crippen LogP contribution in [-0.4, -0.2) is 42.0 Å². The molecule has 0 unspecified atom stereocenters. The summed E-state index contributed by atoms with van der Waals surface area (Å²) in [7, 11) is 1.58. The molecule has 0 aromatic carbocycles. The van der Waals surface area contributed by atoms with E-state index in [0.29, 0.717) is 48.8 Å². The molecule has 0 atom stereocenters. The summed E-state index contributed by atoms with van der Waals surface area (Å²) >= 11 is 1.25. The van der Waals surface area contributed by atoms with E-state index < -0.39 is 11.4 Å². The molecule has 0 bridgehead atoms. The Balaban J connectivity index is 1.73. The molecule has 7 heteroatoms. The maximum atomic E-state index is 11.6. The van der Waals surface area contributed by atoms with Crippen LogP contribution in [0.15, 0.2) is 6.20 Å². The van der Waals surface area contributed by atoms with Crippen molar-refractivity contribution in [2.75, 3.05) is 20.3 Å². The zero-order valence-electron chi connectivity index (χ0n) is 11.3. The second-order valence-corrected chi connectivity index (χ2v) is 6.28. The molecule has 20 heavy (non-hydrogen) atoms. The first-order valence-corrected chi connectivity index (χ1v) is 7.57. The normalized spacial score (nSPS) is 23.9. The summed E-state index contributed by atoms with van der Waals surface area (Å²) in [6, 6.07) is 0. The lowest BCUT2D eigenvalue weighted by Gasteiger charge is -2.39. The van der Waals surface area contributed by atoms with Gasteiger partial charge in [-0.15, -0.1) is 11.3 Å². The van der Waals surface area contributed by atoms with Gasteiger partial charge in [-0.2, -0.15) is 0 Å². The highest BCUT2D eigenvalue weighted by Gasteiger charge is 2.47. The Hall–Kier alpha value is -1.02. The summed E-state index contributed by atoms with van der Waals surface area (Å²) in [5.41, 5.74) is -0.975. The maximum Gasteiger partial charge on any atom is 0.262 e. The SMILES string of the molecule is CNC(=O)c1cnc(C2(O)CCC3(CC2)OCCO3)s1. The van der Waals surface area contributed by atoms with Crippen molar-refractivity contribution >= 4 is 17.2 Å². The van der Waals surface area contributed by atoms with Crippen LogP contribution in [0.5, 0.6) is 0 Å². The third-order valence-electron chi connectivity index (χ3n) is 4.01. The third kappa shape index (κ3) is 2.35. The van der Waals surface area contributed by atoms with Crippen LogP contribution >= 0.6 is 11.3 Å². The van der Waals surface area contributed by atoms with Gasteiger partial charge in [-0.05, 0) is 12.8 Å². The van der Waals surface area contributed by atoms with Crippen molar-refractivity contribution in [1.29, 1.82) is 0 Å². The van der Waals surface area contributed by atoms with Crippen molar-refractivity contribution in [1.82, 2.24) is 10.3 Å². The molecule has 2 N–H and O–H groups in total. The second-order valence-electron chi connectivity index (χ2n) is 5.25. The standard InChI is InChI=1S/C13H18N2O4S/c1-14-10(16)9-8-15-11(20-9)12(17)2-4-13(5-3-12)18-6-7-19-13/h8,17H,2-7H2,1H3,(H,14,16). The Morgan fingerprint density at radius 1 is 1.35 bits per heavy atom. The highest BCUT2D eigenvalue weighted by atomic mass is 32.1. The van der Waals surface area contributed by atoms with Crippen LogP contribution in [0.3, 0.4) is 0 Å². The minimum absolute atomic E-state index is 0.174. The lowest BCUT2D eigenvalue weighted by molar-refractivity contribution is -0.204. The van der Waals surface area contributed by atoms with Crippen molar-refractivity contribution in [3.63, 3.8) is 0 Å². The number of carbonyl (C=O) groups excluding carboxylic acids is 1. The smallest absolute Gasteiger partial charge is 0.262 e. The molecular formula is C13H18N2O4S. The topological polar surface area (TPSA) is 80.7 Å². The predicted molar refractivity (Wildman–Crippen MR) is 72.5 cm³/mol. The molecule has 110 valence electrons. The van der Waals surface area contributed by atoms with E-state index in [4.69, 9.17) is 9.47 Å². The fraction of sp³-hybridized carbons (Fsp3) is 0.692. The Morgan fingerprint density at radius 3 is 2.60 bits per heavy atom. The van der Waals surface area contributed by atoms with Crippen LogP contribution < -0.4 is 5.32 Å². The number of carbonyl (C=O) groups is 1. The van der Waals surface area contributed by atoms with Crippen LogP contribution in [0.1, 0.15) is 40.4 Å². The molecule has 3 rings (SSSR count). The van der Waals surface area contributed by atoms with E-state index >= 15 is 0 Å². The summed E-state index contributed by atoms with van der Waals surface area (Å²) in [5.74, 6) is -0.681. The summed E-state index contributed by atoms with van der Waals surface area (Å²) in [4.78, 5) is 16.3. The Bertz CT molecular complexity index is 500. The number of aromatic nitrogens is 1. The van der Waals surface area contributed by atoms with Gasteiger partial charge in [-0.25, -0.2) is 4.98 Å². The second kappa shape index (κ2) is 5.07. The van der Waals surface area contributed by atoms with Gasteiger partial charge in [-0.3, -0.25) is 4.79 Å². The fourth-order valence-corrected chi connectivity index (χ4v) is 3.77. The quantitative estimate of drug-likeness (QED) is 0.851. The molecular weight excluding hydrogens is 280 g/mol. The number of amides is 1. The highest BCUT2D eigenvalue weighted by Crippen LogP contribution is 2.45. The molecule has 1 aromatic heterocycles. The maximum absolute atomic E-state index is 11.6. The molecule has 1 saturated carbocycles. The van der Waals surface area contributed by atoms with Gasteiger partial charge in [0.05, 0.1) is 19.4 Å². The van der Waals surface area contributed by atoms with Gasteiger partial charge in [0.25, 0.3) is 5.91 Å². The van der Waals surface area contributed by atoms with E-state index in [9.17, 15) is 9.90 Å². The summed E-state index contributed by atoms with van der Waals surface area (Å²) < 4.78 is 11.3. The number of thiazole rings is 1. The van der Waals surface area contributed by atoms with E-state index in [2.05, 4.69) is 10.3 Å². The molecule has 2 heterocycles. The van der Waals surface area contributed by atoms with E-state index in [1.165, 1.54) is 17.5 Å².